The van der Waals surface area contributed by atoms with Crippen molar-refractivity contribution in [2.45, 2.75) is 32.5 Å². The zero-order valence-electron chi connectivity index (χ0n) is 12.5. The molecule has 1 aromatic rings. The fraction of sp³-hybridized carbons (Fsp3) is 0.625. The number of aliphatic hydroxyl groups is 1. The van der Waals surface area contributed by atoms with Gasteiger partial charge in [0.2, 0.25) is 0 Å². The molecule has 0 bridgehead atoms. The molecule has 0 radical (unpaired) electrons. The lowest BCUT2D eigenvalue weighted by Crippen LogP contribution is -2.51. The Kier molecular flexibility index (Phi) is 5.98. The van der Waals surface area contributed by atoms with Crippen LogP contribution in [0.5, 0.6) is 0 Å². The van der Waals surface area contributed by atoms with Crippen molar-refractivity contribution in [1.29, 1.82) is 0 Å². The fourth-order valence-electron chi connectivity index (χ4n) is 2.87. The van der Waals surface area contributed by atoms with Crippen LogP contribution in [0.3, 0.4) is 0 Å². The summed E-state index contributed by atoms with van der Waals surface area (Å²) in [5.41, 5.74) is 8.12. The van der Waals surface area contributed by atoms with Gasteiger partial charge in [-0.2, -0.15) is 0 Å². The van der Waals surface area contributed by atoms with Crippen molar-refractivity contribution in [2.75, 3.05) is 32.7 Å². The van der Waals surface area contributed by atoms with Crippen molar-refractivity contribution in [2.24, 2.45) is 5.73 Å². The Morgan fingerprint density at radius 1 is 1.10 bits per heavy atom. The van der Waals surface area contributed by atoms with Gasteiger partial charge in [-0.15, -0.1) is 0 Å². The van der Waals surface area contributed by atoms with Crippen molar-refractivity contribution in [3.8, 4) is 0 Å². The Morgan fingerprint density at radius 2 is 1.70 bits per heavy atom. The average Bonchev–Trinajstić information content (AvgIpc) is 2.51. The number of nitrogens with zero attached hydrogens (tertiary/aromatic N) is 2. The molecule has 2 rings (SSSR count). The van der Waals surface area contributed by atoms with Crippen molar-refractivity contribution < 1.29 is 5.11 Å². The van der Waals surface area contributed by atoms with Crippen LogP contribution in [0.4, 0.5) is 0 Å². The summed E-state index contributed by atoms with van der Waals surface area (Å²) in [5, 5.41) is 9.05. The molecule has 0 spiro atoms. The summed E-state index contributed by atoms with van der Waals surface area (Å²) in [6, 6.07) is 8.79. The third kappa shape index (κ3) is 4.03. The standard InChI is InChI=1S/C16H27N3O/c1-2-16(11-17)19-9-7-18(8-10-19)12-14-3-5-15(13-20)6-4-14/h3-6,16,20H,2,7-13,17H2,1H3. The van der Waals surface area contributed by atoms with Crippen molar-refractivity contribution in [3.05, 3.63) is 35.4 Å². The third-order valence-corrected chi connectivity index (χ3v) is 4.28. The van der Waals surface area contributed by atoms with Crippen LogP contribution in [-0.2, 0) is 13.2 Å². The number of nitrogens with two attached hydrogens (primary N) is 1. The second kappa shape index (κ2) is 7.74. The van der Waals surface area contributed by atoms with Gasteiger partial charge in [0.25, 0.3) is 0 Å². The van der Waals surface area contributed by atoms with Crippen LogP contribution in [0, 0.1) is 0 Å². The van der Waals surface area contributed by atoms with Gasteiger partial charge in [-0.3, -0.25) is 9.80 Å². The molecule has 112 valence electrons. The van der Waals surface area contributed by atoms with E-state index in [0.717, 1.165) is 51.3 Å². The van der Waals surface area contributed by atoms with E-state index in [0.29, 0.717) is 6.04 Å². The number of benzene rings is 1. The number of hydrogen-bond donors (Lipinski definition) is 2. The molecule has 0 aliphatic carbocycles. The molecule has 20 heavy (non-hydrogen) atoms. The lowest BCUT2D eigenvalue weighted by molar-refractivity contribution is 0.0926. The first-order chi connectivity index (χ1) is 9.76. The van der Waals surface area contributed by atoms with Crippen molar-refractivity contribution in [3.63, 3.8) is 0 Å². The van der Waals surface area contributed by atoms with Gasteiger partial charge >= 0.3 is 0 Å². The first-order valence-electron chi connectivity index (χ1n) is 7.62. The molecule has 1 heterocycles. The molecular weight excluding hydrogens is 250 g/mol. The van der Waals surface area contributed by atoms with E-state index in [9.17, 15) is 0 Å². The molecule has 1 atom stereocenters. The smallest absolute Gasteiger partial charge is 0.0681 e. The summed E-state index contributed by atoms with van der Waals surface area (Å²) in [5.74, 6) is 0. The minimum absolute atomic E-state index is 0.121. The Balaban J connectivity index is 1.81. The molecule has 1 saturated heterocycles. The van der Waals surface area contributed by atoms with Crippen LogP contribution in [0.2, 0.25) is 0 Å². The third-order valence-electron chi connectivity index (χ3n) is 4.28. The van der Waals surface area contributed by atoms with Crippen LogP contribution >= 0.6 is 0 Å². The van der Waals surface area contributed by atoms with Gasteiger partial charge < -0.3 is 10.8 Å². The van der Waals surface area contributed by atoms with Crippen molar-refractivity contribution in [1.82, 2.24) is 9.80 Å². The average molecular weight is 277 g/mol. The Labute approximate surface area is 122 Å². The summed E-state index contributed by atoms with van der Waals surface area (Å²) in [6.07, 6.45) is 1.14. The van der Waals surface area contributed by atoms with Gasteiger partial charge in [-0.25, -0.2) is 0 Å². The molecule has 1 aliphatic rings. The van der Waals surface area contributed by atoms with E-state index in [4.69, 9.17) is 10.8 Å². The normalized spacial score (nSPS) is 19.1. The number of hydrogen-bond acceptors (Lipinski definition) is 4. The summed E-state index contributed by atoms with van der Waals surface area (Å²) >= 11 is 0. The van der Waals surface area contributed by atoms with Gasteiger partial charge in [0, 0.05) is 45.3 Å². The molecular formula is C16H27N3O. The predicted molar refractivity (Wildman–Crippen MR) is 82.3 cm³/mol. The van der Waals surface area contributed by atoms with Gasteiger partial charge in [-0.1, -0.05) is 31.2 Å². The highest BCUT2D eigenvalue weighted by molar-refractivity contribution is 5.21. The van der Waals surface area contributed by atoms with Crippen molar-refractivity contribution >= 4 is 0 Å². The second-order valence-electron chi connectivity index (χ2n) is 5.58. The van der Waals surface area contributed by atoms with E-state index in [1.54, 1.807) is 0 Å². The SMILES string of the molecule is CCC(CN)N1CCN(Cc2ccc(CO)cc2)CC1. The van der Waals surface area contributed by atoms with E-state index < -0.39 is 0 Å². The van der Waals surface area contributed by atoms with E-state index in [2.05, 4.69) is 28.9 Å². The first-order valence-corrected chi connectivity index (χ1v) is 7.62. The van der Waals surface area contributed by atoms with Crippen LogP contribution in [-0.4, -0.2) is 53.7 Å². The largest absolute Gasteiger partial charge is 0.392 e. The number of aliphatic hydroxyl groups excluding tert-OH is 1. The minimum Gasteiger partial charge on any atom is -0.392 e. The van der Waals surface area contributed by atoms with E-state index in [-0.39, 0.29) is 6.61 Å². The number of rotatable bonds is 6. The Morgan fingerprint density at radius 3 is 2.20 bits per heavy atom. The summed E-state index contributed by atoms with van der Waals surface area (Å²) in [4.78, 5) is 5.01. The first kappa shape index (κ1) is 15.4. The molecule has 1 fully saturated rings. The molecule has 3 N–H and O–H groups in total. The van der Waals surface area contributed by atoms with E-state index in [1.165, 1.54) is 5.56 Å². The van der Waals surface area contributed by atoms with E-state index >= 15 is 0 Å². The molecule has 0 saturated carbocycles. The number of piperazine rings is 1. The van der Waals surface area contributed by atoms with Crippen LogP contribution in [0.15, 0.2) is 24.3 Å². The van der Waals surface area contributed by atoms with Crippen LogP contribution < -0.4 is 5.73 Å². The zero-order chi connectivity index (χ0) is 14.4. The monoisotopic (exact) mass is 277 g/mol. The highest BCUT2D eigenvalue weighted by Crippen LogP contribution is 2.12. The van der Waals surface area contributed by atoms with Gasteiger partial charge in [0.15, 0.2) is 0 Å². The molecule has 0 amide bonds. The quantitative estimate of drug-likeness (QED) is 0.815. The molecule has 1 aromatic carbocycles. The Hall–Kier alpha value is -0.940. The topological polar surface area (TPSA) is 52.7 Å². The highest BCUT2D eigenvalue weighted by Gasteiger charge is 2.21. The minimum atomic E-state index is 0.121. The maximum atomic E-state index is 9.05. The van der Waals surface area contributed by atoms with Gasteiger partial charge in [0.1, 0.15) is 0 Å². The van der Waals surface area contributed by atoms with Gasteiger partial charge in [-0.05, 0) is 17.5 Å². The molecule has 1 unspecified atom stereocenters. The lowest BCUT2D eigenvalue weighted by Gasteiger charge is -2.38. The summed E-state index contributed by atoms with van der Waals surface area (Å²) < 4.78 is 0. The molecule has 4 heteroatoms. The lowest BCUT2D eigenvalue weighted by atomic mass is 10.1. The molecule has 4 nitrogen and oxygen atoms in total. The zero-order valence-corrected chi connectivity index (χ0v) is 12.5. The fourth-order valence-corrected chi connectivity index (χ4v) is 2.87. The Bertz CT molecular complexity index is 381. The van der Waals surface area contributed by atoms with Crippen LogP contribution in [0.1, 0.15) is 24.5 Å². The summed E-state index contributed by atoms with van der Waals surface area (Å²) in [6.45, 7) is 8.55. The maximum Gasteiger partial charge on any atom is 0.0681 e. The summed E-state index contributed by atoms with van der Waals surface area (Å²) in [7, 11) is 0. The second-order valence-corrected chi connectivity index (χ2v) is 5.58. The van der Waals surface area contributed by atoms with Gasteiger partial charge in [0.05, 0.1) is 6.61 Å². The maximum absolute atomic E-state index is 9.05. The highest BCUT2D eigenvalue weighted by atomic mass is 16.3. The van der Waals surface area contributed by atoms with E-state index in [1.807, 2.05) is 12.1 Å². The predicted octanol–water partition coefficient (Wildman–Crippen LogP) is 1.03. The molecule has 0 aromatic heterocycles. The molecule has 1 aliphatic heterocycles. The van der Waals surface area contributed by atoms with Crippen LogP contribution in [0.25, 0.3) is 0 Å².